The highest BCUT2D eigenvalue weighted by Gasteiger charge is 2.23. The molecule has 0 spiro atoms. The summed E-state index contributed by atoms with van der Waals surface area (Å²) in [6, 6.07) is 8.32. The van der Waals surface area contributed by atoms with Crippen molar-refractivity contribution in [1.82, 2.24) is 4.98 Å². The van der Waals surface area contributed by atoms with E-state index in [-0.39, 0.29) is 0 Å². The Labute approximate surface area is 114 Å². The summed E-state index contributed by atoms with van der Waals surface area (Å²) in [5.74, 6) is 0.910. The number of nitrogens with zero attached hydrogens (tertiary/aromatic N) is 1. The molecule has 0 aliphatic heterocycles. The van der Waals surface area contributed by atoms with Crippen LogP contribution in [-0.4, -0.2) is 4.98 Å². The zero-order valence-electron chi connectivity index (χ0n) is 9.74. The molecule has 0 bridgehead atoms. The first-order valence-corrected chi connectivity index (χ1v) is 7.56. The summed E-state index contributed by atoms with van der Waals surface area (Å²) >= 11 is 5.46. The maximum atomic E-state index is 4.81. The maximum Gasteiger partial charge on any atom is 0.0938 e. The van der Waals surface area contributed by atoms with Gasteiger partial charge in [-0.3, -0.25) is 0 Å². The van der Waals surface area contributed by atoms with Gasteiger partial charge in [-0.05, 0) is 31.7 Å². The van der Waals surface area contributed by atoms with Gasteiger partial charge < -0.3 is 0 Å². The third-order valence-electron chi connectivity index (χ3n) is 3.13. The van der Waals surface area contributed by atoms with Crippen LogP contribution in [0.25, 0.3) is 11.3 Å². The normalized spacial score (nSPS) is 15.2. The smallest absolute Gasteiger partial charge is 0.0938 e. The van der Waals surface area contributed by atoms with Crippen molar-refractivity contribution in [3.63, 3.8) is 0 Å². The van der Waals surface area contributed by atoms with Gasteiger partial charge in [-0.2, -0.15) is 0 Å². The lowest BCUT2D eigenvalue weighted by molar-refractivity contribution is 0.824. The van der Waals surface area contributed by atoms with Gasteiger partial charge in [0.25, 0.3) is 0 Å². The Bertz CT molecular complexity index is 543. The van der Waals surface area contributed by atoms with E-state index in [4.69, 9.17) is 4.98 Å². The number of rotatable bonds is 3. The van der Waals surface area contributed by atoms with E-state index >= 15 is 0 Å². The number of hydrogen-bond donors (Lipinski definition) is 0. The monoisotopic (exact) mass is 307 g/mol. The Kier molecular flexibility index (Phi) is 3.05. The molecule has 0 saturated heterocycles. The van der Waals surface area contributed by atoms with Crippen LogP contribution in [-0.2, 0) is 6.42 Å². The fourth-order valence-electron chi connectivity index (χ4n) is 2.01. The molecule has 1 aliphatic carbocycles. The summed E-state index contributed by atoms with van der Waals surface area (Å²) in [6.45, 7) is 2.17. The number of thiazole rings is 1. The second-order valence-corrected chi connectivity index (χ2v) is 6.78. The molecule has 1 aliphatic rings. The highest BCUT2D eigenvalue weighted by molar-refractivity contribution is 9.10. The van der Waals surface area contributed by atoms with Crippen molar-refractivity contribution in [3.05, 3.63) is 38.6 Å². The Morgan fingerprint density at radius 1 is 1.35 bits per heavy atom. The summed E-state index contributed by atoms with van der Waals surface area (Å²) in [5, 5.41) is 1.30. The fourth-order valence-corrected chi connectivity index (χ4v) is 3.54. The van der Waals surface area contributed by atoms with E-state index in [2.05, 4.69) is 41.1 Å². The number of aryl methyl sites for hydroxylation is 1. The van der Waals surface area contributed by atoms with Crippen LogP contribution < -0.4 is 0 Å². The second kappa shape index (κ2) is 4.54. The third-order valence-corrected chi connectivity index (χ3v) is 4.81. The van der Waals surface area contributed by atoms with Crippen LogP contribution in [0.1, 0.15) is 22.7 Å². The summed E-state index contributed by atoms with van der Waals surface area (Å²) in [5.41, 5.74) is 2.36. The molecule has 1 saturated carbocycles. The highest BCUT2D eigenvalue weighted by Crippen LogP contribution is 2.37. The zero-order chi connectivity index (χ0) is 11.8. The van der Waals surface area contributed by atoms with E-state index in [1.807, 2.05) is 17.4 Å². The SMILES string of the molecule is Cc1sc(CC2CC2)nc1-c1ccccc1Br. The topological polar surface area (TPSA) is 12.9 Å². The van der Waals surface area contributed by atoms with Gasteiger partial charge in [-0.1, -0.05) is 34.1 Å². The molecule has 0 radical (unpaired) electrons. The molecule has 0 atom stereocenters. The Hall–Kier alpha value is -0.670. The first-order chi connectivity index (χ1) is 8.24. The van der Waals surface area contributed by atoms with E-state index < -0.39 is 0 Å². The lowest BCUT2D eigenvalue weighted by atomic mass is 10.1. The molecule has 1 aromatic carbocycles. The van der Waals surface area contributed by atoms with Crippen molar-refractivity contribution in [2.45, 2.75) is 26.2 Å². The molecule has 2 aromatic rings. The van der Waals surface area contributed by atoms with Crippen LogP contribution in [0, 0.1) is 12.8 Å². The van der Waals surface area contributed by atoms with E-state index in [0.717, 1.165) is 16.1 Å². The quantitative estimate of drug-likeness (QED) is 0.791. The van der Waals surface area contributed by atoms with Crippen LogP contribution >= 0.6 is 27.3 Å². The number of hydrogen-bond acceptors (Lipinski definition) is 2. The van der Waals surface area contributed by atoms with E-state index in [1.54, 1.807) is 0 Å². The zero-order valence-corrected chi connectivity index (χ0v) is 12.1. The molecule has 3 rings (SSSR count). The summed E-state index contributed by atoms with van der Waals surface area (Å²) in [4.78, 5) is 6.14. The molecule has 0 N–H and O–H groups in total. The van der Waals surface area contributed by atoms with Crippen LogP contribution in [0.3, 0.4) is 0 Å². The number of benzene rings is 1. The van der Waals surface area contributed by atoms with Crippen molar-refractivity contribution >= 4 is 27.3 Å². The van der Waals surface area contributed by atoms with Crippen LogP contribution in [0.4, 0.5) is 0 Å². The molecule has 17 heavy (non-hydrogen) atoms. The average molecular weight is 308 g/mol. The highest BCUT2D eigenvalue weighted by atomic mass is 79.9. The Balaban J connectivity index is 1.96. The minimum atomic E-state index is 0.910. The summed E-state index contributed by atoms with van der Waals surface area (Å²) in [6.07, 6.45) is 3.96. The van der Waals surface area contributed by atoms with Gasteiger partial charge >= 0.3 is 0 Å². The summed E-state index contributed by atoms with van der Waals surface area (Å²) in [7, 11) is 0. The van der Waals surface area contributed by atoms with Crippen molar-refractivity contribution in [2.24, 2.45) is 5.92 Å². The molecular weight excluding hydrogens is 294 g/mol. The lowest BCUT2D eigenvalue weighted by Crippen LogP contribution is -1.86. The minimum absolute atomic E-state index is 0.910. The predicted octanol–water partition coefficient (Wildman–Crippen LogP) is 4.83. The molecule has 0 unspecified atom stereocenters. The van der Waals surface area contributed by atoms with Crippen LogP contribution in [0.15, 0.2) is 28.7 Å². The van der Waals surface area contributed by atoms with Crippen molar-refractivity contribution in [3.8, 4) is 11.3 Å². The van der Waals surface area contributed by atoms with E-state index in [0.29, 0.717) is 0 Å². The predicted molar refractivity (Wildman–Crippen MR) is 76.4 cm³/mol. The van der Waals surface area contributed by atoms with Gasteiger partial charge in [0, 0.05) is 21.3 Å². The first-order valence-electron chi connectivity index (χ1n) is 5.95. The van der Waals surface area contributed by atoms with Gasteiger partial charge in [-0.25, -0.2) is 4.98 Å². The summed E-state index contributed by atoms with van der Waals surface area (Å²) < 4.78 is 1.13. The number of aromatic nitrogens is 1. The lowest BCUT2D eigenvalue weighted by Gasteiger charge is -2.01. The van der Waals surface area contributed by atoms with Gasteiger partial charge in [0.2, 0.25) is 0 Å². The average Bonchev–Trinajstić information content (AvgIpc) is 3.03. The Morgan fingerprint density at radius 2 is 2.12 bits per heavy atom. The van der Waals surface area contributed by atoms with Crippen molar-refractivity contribution in [1.29, 1.82) is 0 Å². The van der Waals surface area contributed by atoms with E-state index in [1.165, 1.54) is 34.7 Å². The van der Waals surface area contributed by atoms with Gasteiger partial charge in [-0.15, -0.1) is 11.3 Å². The Morgan fingerprint density at radius 3 is 2.82 bits per heavy atom. The van der Waals surface area contributed by atoms with Gasteiger partial charge in [0.15, 0.2) is 0 Å². The molecule has 3 heteroatoms. The molecule has 1 nitrogen and oxygen atoms in total. The van der Waals surface area contributed by atoms with Crippen molar-refractivity contribution in [2.75, 3.05) is 0 Å². The third kappa shape index (κ3) is 2.45. The minimum Gasteiger partial charge on any atom is -0.241 e. The van der Waals surface area contributed by atoms with Crippen LogP contribution in [0.2, 0.25) is 0 Å². The maximum absolute atomic E-state index is 4.81. The van der Waals surface area contributed by atoms with Gasteiger partial charge in [0.05, 0.1) is 10.7 Å². The first kappa shape index (κ1) is 11.4. The standard InChI is InChI=1S/C14H14BrNS/c1-9-14(11-4-2-3-5-12(11)15)16-13(17-9)8-10-6-7-10/h2-5,10H,6-8H2,1H3. The second-order valence-electron chi connectivity index (χ2n) is 4.64. The van der Waals surface area contributed by atoms with Crippen molar-refractivity contribution < 1.29 is 0 Å². The molecule has 1 heterocycles. The molecular formula is C14H14BrNS. The van der Waals surface area contributed by atoms with E-state index in [9.17, 15) is 0 Å². The largest absolute Gasteiger partial charge is 0.241 e. The molecule has 0 amide bonds. The van der Waals surface area contributed by atoms with Gasteiger partial charge in [0.1, 0.15) is 0 Å². The fraction of sp³-hybridized carbons (Fsp3) is 0.357. The van der Waals surface area contributed by atoms with Crippen LogP contribution in [0.5, 0.6) is 0 Å². The number of halogens is 1. The molecule has 88 valence electrons. The molecule has 1 aromatic heterocycles. The molecule has 1 fully saturated rings.